The zero-order valence-corrected chi connectivity index (χ0v) is 22.4. The van der Waals surface area contributed by atoms with Crippen molar-refractivity contribution >= 4 is 15.9 Å². The van der Waals surface area contributed by atoms with Gasteiger partial charge in [0, 0.05) is 4.47 Å². The summed E-state index contributed by atoms with van der Waals surface area (Å²) in [6, 6.07) is 55.1. The van der Waals surface area contributed by atoms with Crippen molar-refractivity contribution in [2.24, 2.45) is 0 Å². The number of hydrogen-bond donors (Lipinski definition) is 0. The maximum absolute atomic E-state index is 3.78. The first kappa shape index (κ1) is 23.0. The highest BCUT2D eigenvalue weighted by molar-refractivity contribution is 9.10. The van der Waals surface area contributed by atoms with Gasteiger partial charge in [-0.05, 0) is 73.8 Å². The average Bonchev–Trinajstić information content (AvgIpc) is 3.29. The molecule has 0 bridgehead atoms. The Hall–Kier alpha value is -4.20. The summed E-state index contributed by atoms with van der Waals surface area (Å²) < 4.78 is 1.10. The Morgan fingerprint density at radius 1 is 0.368 bits per heavy atom. The van der Waals surface area contributed by atoms with Crippen LogP contribution >= 0.6 is 15.9 Å². The molecule has 7 rings (SSSR count). The van der Waals surface area contributed by atoms with Crippen molar-refractivity contribution in [2.45, 2.75) is 5.41 Å². The van der Waals surface area contributed by atoms with Crippen LogP contribution in [-0.4, -0.2) is 0 Å². The largest absolute Gasteiger partial charge is 0.0713 e. The van der Waals surface area contributed by atoms with E-state index >= 15 is 0 Å². The Morgan fingerprint density at radius 2 is 0.868 bits per heavy atom. The second kappa shape index (κ2) is 9.28. The standard InChI is InChI=1S/C37H25Br/c38-36-23-21-28(24-32(36)26-12-4-1-5-13-26)27-20-22-35-33(25-27)31-18-10-11-19-34(31)37(35,29-14-6-2-7-15-29)30-16-8-3-9-17-30/h1-25H. The average molecular weight is 550 g/mol. The van der Waals surface area contributed by atoms with Crippen molar-refractivity contribution in [1.82, 2.24) is 0 Å². The van der Waals surface area contributed by atoms with Crippen molar-refractivity contribution in [2.75, 3.05) is 0 Å². The molecule has 0 nitrogen and oxygen atoms in total. The first-order chi connectivity index (χ1) is 18.8. The fourth-order valence-electron chi connectivity index (χ4n) is 6.17. The van der Waals surface area contributed by atoms with E-state index in [4.69, 9.17) is 0 Å². The van der Waals surface area contributed by atoms with Crippen LogP contribution in [0.1, 0.15) is 22.3 Å². The normalized spacial score (nSPS) is 13.1. The Balaban J connectivity index is 1.47. The fourth-order valence-corrected chi connectivity index (χ4v) is 6.65. The third-order valence-electron chi connectivity index (χ3n) is 7.84. The topological polar surface area (TPSA) is 0 Å². The molecule has 6 aromatic carbocycles. The van der Waals surface area contributed by atoms with Crippen LogP contribution < -0.4 is 0 Å². The van der Waals surface area contributed by atoms with Crippen LogP contribution in [0.25, 0.3) is 33.4 Å². The van der Waals surface area contributed by atoms with E-state index in [0.29, 0.717) is 0 Å². The van der Waals surface area contributed by atoms with Gasteiger partial charge in [-0.1, -0.05) is 149 Å². The molecule has 0 atom stereocenters. The molecule has 0 heterocycles. The van der Waals surface area contributed by atoms with Crippen LogP contribution in [0.4, 0.5) is 0 Å². The van der Waals surface area contributed by atoms with Crippen LogP contribution in [0.3, 0.4) is 0 Å². The van der Waals surface area contributed by atoms with E-state index < -0.39 is 0 Å². The lowest BCUT2D eigenvalue weighted by Crippen LogP contribution is -2.28. The quantitative estimate of drug-likeness (QED) is 0.205. The minimum absolute atomic E-state index is 0.359. The summed E-state index contributed by atoms with van der Waals surface area (Å²) in [4.78, 5) is 0. The summed E-state index contributed by atoms with van der Waals surface area (Å²) in [5.74, 6) is 0. The Kier molecular flexibility index (Phi) is 5.60. The molecule has 0 amide bonds. The van der Waals surface area contributed by atoms with E-state index in [1.54, 1.807) is 0 Å². The molecule has 38 heavy (non-hydrogen) atoms. The van der Waals surface area contributed by atoms with Gasteiger partial charge in [0.25, 0.3) is 0 Å². The van der Waals surface area contributed by atoms with Crippen LogP contribution in [-0.2, 0) is 5.41 Å². The summed E-state index contributed by atoms with van der Waals surface area (Å²) >= 11 is 3.78. The lowest BCUT2D eigenvalue weighted by atomic mass is 9.67. The summed E-state index contributed by atoms with van der Waals surface area (Å²) in [7, 11) is 0. The summed E-state index contributed by atoms with van der Waals surface area (Å²) in [6.07, 6.45) is 0. The highest BCUT2D eigenvalue weighted by atomic mass is 79.9. The van der Waals surface area contributed by atoms with E-state index in [9.17, 15) is 0 Å². The fraction of sp³-hybridized carbons (Fsp3) is 0.0270. The lowest BCUT2D eigenvalue weighted by molar-refractivity contribution is 0.768. The number of fused-ring (bicyclic) bond motifs is 3. The zero-order chi connectivity index (χ0) is 25.5. The molecule has 0 N–H and O–H groups in total. The molecule has 1 aliphatic carbocycles. The molecule has 0 aromatic heterocycles. The van der Waals surface area contributed by atoms with E-state index in [1.807, 2.05) is 0 Å². The molecule has 0 saturated carbocycles. The van der Waals surface area contributed by atoms with Crippen LogP contribution in [0.15, 0.2) is 156 Å². The molecule has 0 spiro atoms. The predicted octanol–water partition coefficient (Wildman–Crippen LogP) is 10.1. The Bertz CT molecular complexity index is 1710. The van der Waals surface area contributed by atoms with E-state index in [0.717, 1.165) is 4.47 Å². The molecular formula is C37H25Br. The summed E-state index contributed by atoms with van der Waals surface area (Å²) in [6.45, 7) is 0. The van der Waals surface area contributed by atoms with E-state index in [1.165, 1.54) is 55.6 Å². The molecule has 1 aliphatic rings. The van der Waals surface area contributed by atoms with Gasteiger partial charge in [0.2, 0.25) is 0 Å². The van der Waals surface area contributed by atoms with E-state index in [2.05, 4.69) is 168 Å². The molecule has 0 aliphatic heterocycles. The third-order valence-corrected chi connectivity index (χ3v) is 8.53. The third kappa shape index (κ3) is 3.50. The van der Waals surface area contributed by atoms with Crippen molar-refractivity contribution in [3.63, 3.8) is 0 Å². The second-order valence-corrected chi connectivity index (χ2v) is 10.7. The van der Waals surface area contributed by atoms with Gasteiger partial charge in [-0.15, -0.1) is 0 Å². The highest BCUT2D eigenvalue weighted by Crippen LogP contribution is 2.56. The van der Waals surface area contributed by atoms with Gasteiger partial charge in [-0.2, -0.15) is 0 Å². The molecule has 6 aromatic rings. The maximum Gasteiger partial charge on any atom is 0.0713 e. The van der Waals surface area contributed by atoms with E-state index in [-0.39, 0.29) is 5.41 Å². The molecule has 1 heteroatoms. The number of hydrogen-bond acceptors (Lipinski definition) is 0. The molecule has 0 saturated heterocycles. The zero-order valence-electron chi connectivity index (χ0n) is 20.8. The number of halogens is 1. The highest BCUT2D eigenvalue weighted by Gasteiger charge is 2.45. The maximum atomic E-state index is 3.78. The Labute approximate surface area is 232 Å². The smallest absolute Gasteiger partial charge is 0.0622 e. The van der Waals surface area contributed by atoms with Gasteiger partial charge >= 0.3 is 0 Å². The van der Waals surface area contributed by atoms with Crippen LogP contribution in [0.5, 0.6) is 0 Å². The van der Waals surface area contributed by atoms with Crippen molar-refractivity contribution in [3.05, 3.63) is 178 Å². The molecule has 0 fully saturated rings. The van der Waals surface area contributed by atoms with Gasteiger partial charge < -0.3 is 0 Å². The van der Waals surface area contributed by atoms with Gasteiger partial charge in [-0.25, -0.2) is 0 Å². The van der Waals surface area contributed by atoms with Gasteiger partial charge in [0.05, 0.1) is 5.41 Å². The predicted molar refractivity (Wildman–Crippen MR) is 162 cm³/mol. The summed E-state index contributed by atoms with van der Waals surface area (Å²) in [5, 5.41) is 0. The van der Waals surface area contributed by atoms with Crippen molar-refractivity contribution in [1.29, 1.82) is 0 Å². The van der Waals surface area contributed by atoms with Gasteiger partial charge in [0.15, 0.2) is 0 Å². The first-order valence-electron chi connectivity index (χ1n) is 13.0. The van der Waals surface area contributed by atoms with Gasteiger partial charge in [-0.3, -0.25) is 0 Å². The molecular weight excluding hydrogens is 524 g/mol. The Morgan fingerprint density at radius 3 is 1.53 bits per heavy atom. The van der Waals surface area contributed by atoms with Crippen molar-refractivity contribution < 1.29 is 0 Å². The molecule has 0 unspecified atom stereocenters. The summed E-state index contributed by atoms with van der Waals surface area (Å²) in [5.41, 5.74) is 12.3. The van der Waals surface area contributed by atoms with Crippen molar-refractivity contribution in [3.8, 4) is 33.4 Å². The van der Waals surface area contributed by atoms with Gasteiger partial charge in [0.1, 0.15) is 0 Å². The lowest BCUT2D eigenvalue weighted by Gasteiger charge is -2.33. The second-order valence-electron chi connectivity index (χ2n) is 9.85. The molecule has 180 valence electrons. The number of rotatable bonds is 4. The monoisotopic (exact) mass is 548 g/mol. The minimum Gasteiger partial charge on any atom is -0.0622 e. The first-order valence-corrected chi connectivity index (χ1v) is 13.8. The SMILES string of the molecule is Brc1ccc(-c2ccc3c(c2)-c2ccccc2C3(c2ccccc2)c2ccccc2)cc1-c1ccccc1. The van der Waals surface area contributed by atoms with Crippen LogP contribution in [0, 0.1) is 0 Å². The molecule has 0 radical (unpaired) electrons. The minimum atomic E-state index is -0.359. The van der Waals surface area contributed by atoms with Crippen LogP contribution in [0.2, 0.25) is 0 Å². The number of benzene rings is 6.